The quantitative estimate of drug-likeness (QED) is 0.682. The normalized spacial score (nSPS) is 10.8. The van der Waals surface area contributed by atoms with E-state index in [0.29, 0.717) is 6.42 Å². The van der Waals surface area contributed by atoms with Crippen LogP contribution in [0.3, 0.4) is 0 Å². The minimum Gasteiger partial charge on any atom is -0.496 e. The summed E-state index contributed by atoms with van der Waals surface area (Å²) in [5, 5.41) is 11.2. The van der Waals surface area contributed by atoms with Gasteiger partial charge in [-0.25, -0.2) is 0 Å². The summed E-state index contributed by atoms with van der Waals surface area (Å²) in [5.41, 5.74) is 4.46. The van der Waals surface area contributed by atoms with Gasteiger partial charge >= 0.3 is 5.97 Å². The van der Waals surface area contributed by atoms with Crippen molar-refractivity contribution in [1.29, 1.82) is 0 Å². The molecule has 0 aliphatic rings. The molecular weight excluding hydrogens is 312 g/mol. The third-order valence-corrected chi connectivity index (χ3v) is 4.58. The zero-order valence-corrected chi connectivity index (χ0v) is 14.6. The molecule has 0 fully saturated rings. The molecule has 0 saturated heterocycles. The highest BCUT2D eigenvalue weighted by molar-refractivity contribution is 5.99. The summed E-state index contributed by atoms with van der Waals surface area (Å²) in [5.74, 6) is 0.0905. The number of fused-ring (bicyclic) bond motifs is 1. The number of carboxylic acid groups (broad SMARTS) is 1. The molecule has 3 heteroatoms. The Hall–Kier alpha value is -2.81. The van der Waals surface area contributed by atoms with Crippen molar-refractivity contribution in [2.75, 3.05) is 7.11 Å². The molecule has 0 atom stereocenters. The van der Waals surface area contributed by atoms with Crippen LogP contribution in [0.15, 0.2) is 54.6 Å². The van der Waals surface area contributed by atoms with Crippen molar-refractivity contribution in [3.63, 3.8) is 0 Å². The van der Waals surface area contributed by atoms with E-state index in [1.165, 1.54) is 5.56 Å². The van der Waals surface area contributed by atoms with Gasteiger partial charge in [-0.2, -0.15) is 0 Å². The van der Waals surface area contributed by atoms with Crippen LogP contribution in [0.1, 0.15) is 24.5 Å². The van der Waals surface area contributed by atoms with Gasteiger partial charge in [-0.1, -0.05) is 55.5 Å². The van der Waals surface area contributed by atoms with Gasteiger partial charge in [0.05, 0.1) is 7.11 Å². The number of aliphatic carboxylic acids is 1. The van der Waals surface area contributed by atoms with Gasteiger partial charge in [0.15, 0.2) is 0 Å². The third-order valence-electron chi connectivity index (χ3n) is 4.58. The van der Waals surface area contributed by atoms with Gasteiger partial charge in [-0.15, -0.1) is 0 Å². The van der Waals surface area contributed by atoms with E-state index in [-0.39, 0.29) is 6.42 Å². The number of hydrogen-bond donors (Lipinski definition) is 1. The molecule has 0 spiro atoms. The molecule has 3 aromatic rings. The summed E-state index contributed by atoms with van der Waals surface area (Å²) in [6.45, 7) is 2.13. The summed E-state index contributed by atoms with van der Waals surface area (Å²) in [6, 6.07) is 18.6. The summed E-state index contributed by atoms with van der Waals surface area (Å²) in [7, 11) is 1.70. The van der Waals surface area contributed by atoms with Gasteiger partial charge in [0.1, 0.15) is 5.75 Å². The lowest BCUT2D eigenvalue weighted by Gasteiger charge is -2.14. The van der Waals surface area contributed by atoms with Gasteiger partial charge < -0.3 is 9.84 Å². The van der Waals surface area contributed by atoms with Gasteiger partial charge in [-0.3, -0.25) is 4.79 Å². The second-order valence-corrected chi connectivity index (χ2v) is 6.10. The smallest absolute Gasteiger partial charge is 0.303 e. The zero-order chi connectivity index (χ0) is 17.8. The van der Waals surface area contributed by atoms with Crippen molar-refractivity contribution in [2.45, 2.75) is 26.2 Å². The molecule has 128 valence electrons. The Morgan fingerprint density at radius 2 is 1.76 bits per heavy atom. The molecule has 0 saturated carbocycles. The van der Waals surface area contributed by atoms with Crippen LogP contribution in [-0.4, -0.2) is 18.2 Å². The first-order valence-corrected chi connectivity index (χ1v) is 8.53. The number of carboxylic acids is 1. The van der Waals surface area contributed by atoms with Gasteiger partial charge in [-0.05, 0) is 46.4 Å². The Kier molecular flexibility index (Phi) is 5.03. The van der Waals surface area contributed by atoms with E-state index in [2.05, 4.69) is 43.3 Å². The predicted molar refractivity (Wildman–Crippen MR) is 101 cm³/mol. The first-order chi connectivity index (χ1) is 12.1. The molecule has 1 N–H and O–H groups in total. The minimum absolute atomic E-state index is 0.137. The minimum atomic E-state index is -0.773. The van der Waals surface area contributed by atoms with Crippen LogP contribution in [-0.2, 0) is 17.6 Å². The van der Waals surface area contributed by atoms with E-state index in [9.17, 15) is 4.79 Å². The molecule has 0 aliphatic heterocycles. The standard InChI is InChI=1S/C22H22O3/c1-3-15-10-12-20(21(14-15)25-2)19-9-5-7-17-16(11-13-22(23)24)6-4-8-18(17)19/h4-10,12,14H,3,11,13H2,1-2H3,(H,23,24). The zero-order valence-electron chi connectivity index (χ0n) is 14.6. The van der Waals surface area contributed by atoms with Gasteiger partial charge in [0.2, 0.25) is 0 Å². The van der Waals surface area contributed by atoms with Crippen molar-refractivity contribution in [2.24, 2.45) is 0 Å². The van der Waals surface area contributed by atoms with E-state index in [1.807, 2.05) is 18.2 Å². The average molecular weight is 334 g/mol. The number of carbonyl (C=O) groups is 1. The third kappa shape index (κ3) is 3.50. The van der Waals surface area contributed by atoms with Crippen LogP contribution in [0.2, 0.25) is 0 Å². The van der Waals surface area contributed by atoms with Crippen LogP contribution < -0.4 is 4.74 Å². The van der Waals surface area contributed by atoms with E-state index in [1.54, 1.807) is 7.11 Å². The summed E-state index contributed by atoms with van der Waals surface area (Å²) in [6.07, 6.45) is 1.63. The molecule has 0 unspecified atom stereocenters. The summed E-state index contributed by atoms with van der Waals surface area (Å²) < 4.78 is 5.62. The fraction of sp³-hybridized carbons (Fsp3) is 0.227. The van der Waals surface area contributed by atoms with Crippen LogP contribution in [0.25, 0.3) is 21.9 Å². The van der Waals surface area contributed by atoms with Crippen molar-refractivity contribution in [3.05, 3.63) is 65.7 Å². The van der Waals surface area contributed by atoms with Gasteiger partial charge in [0, 0.05) is 12.0 Å². The lowest BCUT2D eigenvalue weighted by molar-refractivity contribution is -0.136. The van der Waals surface area contributed by atoms with Crippen molar-refractivity contribution in [3.8, 4) is 16.9 Å². The van der Waals surface area contributed by atoms with Crippen molar-refractivity contribution in [1.82, 2.24) is 0 Å². The van der Waals surface area contributed by atoms with Crippen LogP contribution >= 0.6 is 0 Å². The maximum atomic E-state index is 10.9. The first-order valence-electron chi connectivity index (χ1n) is 8.53. The highest BCUT2D eigenvalue weighted by Crippen LogP contribution is 2.36. The maximum Gasteiger partial charge on any atom is 0.303 e. The molecule has 25 heavy (non-hydrogen) atoms. The van der Waals surface area contributed by atoms with Crippen LogP contribution in [0.4, 0.5) is 0 Å². The fourth-order valence-corrected chi connectivity index (χ4v) is 3.25. The van der Waals surface area contributed by atoms with Crippen molar-refractivity contribution < 1.29 is 14.6 Å². The monoisotopic (exact) mass is 334 g/mol. The Labute approximate surface area is 147 Å². The molecule has 3 nitrogen and oxygen atoms in total. The number of rotatable bonds is 6. The number of ether oxygens (including phenoxy) is 1. The lowest BCUT2D eigenvalue weighted by Crippen LogP contribution is -1.98. The number of methoxy groups -OCH3 is 1. The van der Waals surface area contributed by atoms with E-state index in [4.69, 9.17) is 9.84 Å². The van der Waals surface area contributed by atoms with Gasteiger partial charge in [0.25, 0.3) is 0 Å². The molecule has 3 aromatic carbocycles. The van der Waals surface area contributed by atoms with Crippen molar-refractivity contribution >= 4 is 16.7 Å². The van der Waals surface area contributed by atoms with Crippen LogP contribution in [0, 0.1) is 0 Å². The lowest BCUT2D eigenvalue weighted by atomic mass is 9.93. The second kappa shape index (κ2) is 7.39. The maximum absolute atomic E-state index is 10.9. The highest BCUT2D eigenvalue weighted by Gasteiger charge is 2.12. The molecule has 0 aromatic heterocycles. The first kappa shape index (κ1) is 17.0. The molecular formula is C22H22O3. The second-order valence-electron chi connectivity index (χ2n) is 6.10. The molecule has 0 amide bonds. The summed E-state index contributed by atoms with van der Waals surface area (Å²) in [4.78, 5) is 10.9. The number of benzene rings is 3. The molecule has 0 bridgehead atoms. The SMILES string of the molecule is CCc1ccc(-c2cccc3c(CCC(=O)O)cccc23)c(OC)c1. The Morgan fingerprint density at radius 3 is 2.48 bits per heavy atom. The highest BCUT2D eigenvalue weighted by atomic mass is 16.5. The molecule has 3 rings (SSSR count). The number of hydrogen-bond acceptors (Lipinski definition) is 2. The van der Waals surface area contributed by atoms with Crippen LogP contribution in [0.5, 0.6) is 5.75 Å². The Balaban J connectivity index is 2.15. The Morgan fingerprint density at radius 1 is 1.00 bits per heavy atom. The Bertz CT molecular complexity index is 912. The van der Waals surface area contributed by atoms with E-state index < -0.39 is 5.97 Å². The molecule has 0 radical (unpaired) electrons. The topological polar surface area (TPSA) is 46.5 Å². The largest absolute Gasteiger partial charge is 0.496 e. The predicted octanol–water partition coefficient (Wildman–Crippen LogP) is 5.10. The summed E-state index contributed by atoms with van der Waals surface area (Å²) >= 11 is 0. The average Bonchev–Trinajstić information content (AvgIpc) is 2.65. The van der Waals surface area contributed by atoms with E-state index >= 15 is 0 Å². The molecule has 0 heterocycles. The fourth-order valence-electron chi connectivity index (χ4n) is 3.25. The molecule has 0 aliphatic carbocycles. The van der Waals surface area contributed by atoms with E-state index in [0.717, 1.165) is 39.6 Å². The number of aryl methyl sites for hydroxylation is 2.